The van der Waals surface area contributed by atoms with Crippen molar-refractivity contribution >= 4 is 43.4 Å². The Balaban J connectivity index is 1.80. The maximum absolute atomic E-state index is 13.5. The maximum atomic E-state index is 13.5. The monoisotopic (exact) mass is 462 g/mol. The Hall–Kier alpha value is -2.04. The van der Waals surface area contributed by atoms with E-state index in [1.165, 1.54) is 22.7 Å². The van der Waals surface area contributed by atoms with E-state index in [0.29, 0.717) is 23.8 Å². The molecule has 0 aliphatic heterocycles. The molecule has 0 aliphatic carbocycles. The van der Waals surface area contributed by atoms with Gasteiger partial charge in [-0.3, -0.25) is 0 Å². The number of para-hydroxylation sites is 1. The quantitative estimate of drug-likeness (QED) is 0.349. The first kappa shape index (κ1) is 21.2. The van der Waals surface area contributed by atoms with Gasteiger partial charge < -0.3 is 14.8 Å². The molecule has 0 saturated heterocycles. The van der Waals surface area contributed by atoms with Gasteiger partial charge in [0.1, 0.15) is 9.22 Å². The minimum atomic E-state index is -3.57. The summed E-state index contributed by atoms with van der Waals surface area (Å²) in [4.78, 5) is 8.52. The topological polar surface area (TPSA) is 92.3 Å². The van der Waals surface area contributed by atoms with Crippen molar-refractivity contribution in [2.45, 2.75) is 29.4 Å². The molecule has 0 amide bonds. The summed E-state index contributed by atoms with van der Waals surface area (Å²) in [5.41, 5.74) is 2.32. The average Bonchev–Trinajstić information content (AvgIpc) is 3.50. The number of H-pyrrole nitrogens is 1. The van der Waals surface area contributed by atoms with Gasteiger partial charge in [0.25, 0.3) is 0 Å². The lowest BCUT2D eigenvalue weighted by molar-refractivity contribution is 0.144. The average molecular weight is 463 g/mol. The number of aromatic nitrogens is 2. The molecule has 3 aromatic heterocycles. The summed E-state index contributed by atoms with van der Waals surface area (Å²) in [5, 5.41) is 12.1. The fourth-order valence-corrected chi connectivity index (χ4v) is 7.18. The van der Waals surface area contributed by atoms with Crippen LogP contribution in [0.5, 0.6) is 0 Å². The molecular formula is C21H22N2O4S3. The number of fused-ring (bicyclic) bond motifs is 1. The number of hydrogen-bond donors (Lipinski definition) is 2. The highest BCUT2D eigenvalue weighted by atomic mass is 32.2. The summed E-state index contributed by atoms with van der Waals surface area (Å²) in [5.74, 6) is 0. The summed E-state index contributed by atoms with van der Waals surface area (Å²) in [6, 6.07) is 11.1. The van der Waals surface area contributed by atoms with Crippen LogP contribution in [0.25, 0.3) is 21.6 Å². The molecule has 30 heavy (non-hydrogen) atoms. The van der Waals surface area contributed by atoms with Crippen molar-refractivity contribution in [2.24, 2.45) is 0 Å². The molecule has 1 atom stereocenters. The molecule has 4 rings (SSSR count). The van der Waals surface area contributed by atoms with Gasteiger partial charge in [-0.15, -0.1) is 22.7 Å². The molecule has 0 spiro atoms. The number of aliphatic hydroxyl groups excluding tert-OH is 1. The number of sulfone groups is 1. The number of ether oxygens (including phenoxy) is 1. The van der Waals surface area contributed by atoms with Crippen LogP contribution in [-0.4, -0.2) is 36.7 Å². The lowest BCUT2D eigenvalue weighted by atomic mass is 10.1. The van der Waals surface area contributed by atoms with Crippen molar-refractivity contribution in [3.63, 3.8) is 0 Å². The molecule has 6 nitrogen and oxygen atoms in total. The van der Waals surface area contributed by atoms with Gasteiger partial charge in [0.2, 0.25) is 0 Å². The number of thiazole rings is 1. The van der Waals surface area contributed by atoms with E-state index >= 15 is 0 Å². The van der Waals surface area contributed by atoms with Crippen LogP contribution in [-0.2, 0) is 21.2 Å². The number of nitrogens with one attached hydrogen (secondary N) is 1. The van der Waals surface area contributed by atoms with Gasteiger partial charge >= 0.3 is 0 Å². The molecule has 2 N–H and O–H groups in total. The van der Waals surface area contributed by atoms with Crippen LogP contribution >= 0.6 is 22.7 Å². The second-order valence-electron chi connectivity index (χ2n) is 6.74. The van der Waals surface area contributed by atoms with Crippen molar-refractivity contribution in [1.82, 2.24) is 9.97 Å². The predicted molar refractivity (Wildman–Crippen MR) is 121 cm³/mol. The van der Waals surface area contributed by atoms with E-state index in [-0.39, 0.29) is 6.61 Å². The van der Waals surface area contributed by atoms with Gasteiger partial charge in [-0.2, -0.15) is 0 Å². The molecule has 1 aromatic carbocycles. The van der Waals surface area contributed by atoms with E-state index in [9.17, 15) is 13.5 Å². The number of aromatic amines is 1. The molecule has 0 aliphatic rings. The second kappa shape index (κ2) is 8.99. The van der Waals surface area contributed by atoms with Crippen molar-refractivity contribution in [3.8, 4) is 10.7 Å². The van der Waals surface area contributed by atoms with Crippen LogP contribution < -0.4 is 0 Å². The zero-order valence-electron chi connectivity index (χ0n) is 16.4. The van der Waals surface area contributed by atoms with Crippen molar-refractivity contribution in [3.05, 3.63) is 58.4 Å². The standard InChI is InChI=1S/C21H22N2O4S3/c1-2-27-9-8-18(30(25,26)19-7-4-10-28-19)16-6-3-5-14-11-17(23-20(14)16)21-22-12-15(13-24)29-21/h3-7,10-12,18,23-24H,2,8-9,13H2,1H3. The van der Waals surface area contributed by atoms with E-state index in [2.05, 4.69) is 9.97 Å². The smallest absolute Gasteiger partial charge is 0.194 e. The molecule has 3 heterocycles. The van der Waals surface area contributed by atoms with Gasteiger partial charge in [-0.25, -0.2) is 13.4 Å². The van der Waals surface area contributed by atoms with Crippen LogP contribution in [0.3, 0.4) is 0 Å². The van der Waals surface area contributed by atoms with Crippen LogP contribution in [0.15, 0.2) is 52.2 Å². The SMILES string of the molecule is CCOCCC(c1cccc2cc(-c3ncc(CO)s3)[nH]c12)S(=O)(=O)c1cccs1. The van der Waals surface area contributed by atoms with E-state index in [4.69, 9.17) is 4.74 Å². The lowest BCUT2D eigenvalue weighted by Gasteiger charge is -2.18. The first-order chi connectivity index (χ1) is 14.5. The molecule has 158 valence electrons. The van der Waals surface area contributed by atoms with E-state index in [1.54, 1.807) is 23.7 Å². The molecule has 0 saturated carbocycles. The van der Waals surface area contributed by atoms with Crippen LogP contribution in [0.2, 0.25) is 0 Å². The molecule has 1 unspecified atom stereocenters. The van der Waals surface area contributed by atoms with Crippen molar-refractivity contribution in [1.29, 1.82) is 0 Å². The highest BCUT2D eigenvalue weighted by Gasteiger charge is 2.31. The summed E-state index contributed by atoms with van der Waals surface area (Å²) >= 11 is 2.64. The molecule has 0 radical (unpaired) electrons. The third-order valence-electron chi connectivity index (χ3n) is 4.85. The number of thiophene rings is 1. The zero-order chi connectivity index (χ0) is 21.1. The van der Waals surface area contributed by atoms with E-state index in [0.717, 1.165) is 32.0 Å². The van der Waals surface area contributed by atoms with E-state index < -0.39 is 15.1 Å². The van der Waals surface area contributed by atoms with Crippen LogP contribution in [0, 0.1) is 0 Å². The molecule has 9 heteroatoms. The summed E-state index contributed by atoms with van der Waals surface area (Å²) < 4.78 is 32.8. The summed E-state index contributed by atoms with van der Waals surface area (Å²) in [6.07, 6.45) is 2.02. The first-order valence-electron chi connectivity index (χ1n) is 9.57. The van der Waals surface area contributed by atoms with E-state index in [1.807, 2.05) is 31.2 Å². The Morgan fingerprint density at radius 1 is 1.27 bits per heavy atom. The Labute approximate surface area is 183 Å². The largest absolute Gasteiger partial charge is 0.391 e. The molecule has 0 fully saturated rings. The summed E-state index contributed by atoms with van der Waals surface area (Å²) in [7, 11) is -3.57. The fraction of sp³-hybridized carbons (Fsp3) is 0.286. The number of nitrogens with zero attached hydrogens (tertiary/aromatic N) is 1. The van der Waals surface area contributed by atoms with Gasteiger partial charge in [0.15, 0.2) is 9.84 Å². The van der Waals surface area contributed by atoms with Crippen molar-refractivity contribution < 1.29 is 18.3 Å². The lowest BCUT2D eigenvalue weighted by Crippen LogP contribution is -2.16. The Morgan fingerprint density at radius 2 is 2.13 bits per heavy atom. The molecule has 4 aromatic rings. The predicted octanol–water partition coefficient (Wildman–Crippen LogP) is 4.79. The number of aliphatic hydroxyl groups is 1. The maximum Gasteiger partial charge on any atom is 0.194 e. The Kier molecular flexibility index (Phi) is 6.35. The molecule has 0 bridgehead atoms. The first-order valence-corrected chi connectivity index (χ1v) is 12.8. The Bertz CT molecular complexity index is 1230. The van der Waals surface area contributed by atoms with Gasteiger partial charge in [-0.1, -0.05) is 24.3 Å². The highest BCUT2D eigenvalue weighted by Crippen LogP contribution is 2.38. The number of rotatable bonds is 9. The fourth-order valence-electron chi connectivity index (χ4n) is 3.45. The summed E-state index contributed by atoms with van der Waals surface area (Å²) in [6.45, 7) is 2.75. The highest BCUT2D eigenvalue weighted by molar-refractivity contribution is 7.93. The normalized spacial score (nSPS) is 13.1. The van der Waals surface area contributed by atoms with Crippen LogP contribution in [0.1, 0.15) is 29.0 Å². The zero-order valence-corrected chi connectivity index (χ0v) is 18.8. The van der Waals surface area contributed by atoms with Gasteiger partial charge in [0, 0.05) is 24.8 Å². The Morgan fingerprint density at radius 3 is 2.83 bits per heavy atom. The third kappa shape index (κ3) is 4.08. The minimum Gasteiger partial charge on any atom is -0.391 e. The molecular weight excluding hydrogens is 440 g/mol. The van der Waals surface area contributed by atoms with Gasteiger partial charge in [0.05, 0.1) is 27.9 Å². The number of benzene rings is 1. The van der Waals surface area contributed by atoms with Crippen LogP contribution in [0.4, 0.5) is 0 Å². The third-order valence-corrected chi connectivity index (χ3v) is 9.45. The van der Waals surface area contributed by atoms with Gasteiger partial charge in [-0.05, 0) is 36.4 Å². The second-order valence-corrected chi connectivity index (χ2v) is 11.2. The number of hydrogen-bond acceptors (Lipinski definition) is 7. The van der Waals surface area contributed by atoms with Crippen molar-refractivity contribution in [2.75, 3.05) is 13.2 Å². The minimum absolute atomic E-state index is 0.0539.